The Morgan fingerprint density at radius 2 is 1.89 bits per heavy atom. The smallest absolute Gasteiger partial charge is 0.261 e. The van der Waals surface area contributed by atoms with Crippen molar-refractivity contribution < 1.29 is 12.8 Å². The Balaban J connectivity index is 2.33. The van der Waals surface area contributed by atoms with Gasteiger partial charge in [-0.25, -0.2) is 12.8 Å². The molecule has 2 aromatic carbocycles. The number of hydrogen-bond acceptors (Lipinski definition) is 2. The van der Waals surface area contributed by atoms with E-state index >= 15 is 0 Å². The highest BCUT2D eigenvalue weighted by molar-refractivity contribution is 9.10. The Morgan fingerprint density at radius 3 is 2.53 bits per heavy atom. The minimum Gasteiger partial charge on any atom is -0.280 e. The summed E-state index contributed by atoms with van der Waals surface area (Å²) < 4.78 is 40.4. The third kappa shape index (κ3) is 3.33. The third-order valence-electron chi connectivity index (χ3n) is 2.53. The molecule has 0 unspecified atom stereocenters. The summed E-state index contributed by atoms with van der Waals surface area (Å²) in [5.74, 6) is -0.590. The molecule has 0 saturated carbocycles. The van der Waals surface area contributed by atoms with Crippen LogP contribution in [0.4, 0.5) is 10.1 Å². The predicted octanol–water partition coefficient (Wildman–Crippen LogP) is 3.70. The maximum Gasteiger partial charge on any atom is 0.261 e. The van der Waals surface area contributed by atoms with Crippen LogP contribution in [0.3, 0.4) is 0 Å². The average Bonchev–Trinajstić information content (AvgIpc) is 2.33. The molecule has 0 aliphatic carbocycles. The molecule has 0 heterocycles. The number of anilines is 1. The van der Waals surface area contributed by atoms with E-state index in [-0.39, 0.29) is 4.90 Å². The maximum absolute atomic E-state index is 13.1. The standard InChI is InChI=1S/C13H11BrFNO2S/c1-9-5-6-11(8-13(9)14)16-19(17,18)12-4-2-3-10(15)7-12/h2-8,16H,1H3. The van der Waals surface area contributed by atoms with Gasteiger partial charge in [0.25, 0.3) is 10.0 Å². The van der Waals surface area contributed by atoms with Crippen LogP contribution in [-0.2, 0) is 10.0 Å². The van der Waals surface area contributed by atoms with Gasteiger partial charge in [-0.1, -0.05) is 28.1 Å². The van der Waals surface area contributed by atoms with Crippen molar-refractivity contribution in [3.63, 3.8) is 0 Å². The number of hydrogen-bond donors (Lipinski definition) is 1. The normalized spacial score (nSPS) is 11.3. The summed E-state index contributed by atoms with van der Waals surface area (Å²) >= 11 is 3.33. The Morgan fingerprint density at radius 1 is 1.16 bits per heavy atom. The second kappa shape index (κ2) is 5.30. The number of benzene rings is 2. The topological polar surface area (TPSA) is 46.2 Å². The molecular weight excluding hydrogens is 333 g/mol. The zero-order valence-corrected chi connectivity index (χ0v) is 12.4. The quantitative estimate of drug-likeness (QED) is 0.923. The van der Waals surface area contributed by atoms with Crippen LogP contribution in [0.25, 0.3) is 0 Å². The van der Waals surface area contributed by atoms with Gasteiger partial charge in [0, 0.05) is 10.2 Å². The van der Waals surface area contributed by atoms with Crippen molar-refractivity contribution in [2.45, 2.75) is 11.8 Å². The number of sulfonamides is 1. The lowest BCUT2D eigenvalue weighted by Gasteiger charge is -2.09. The number of rotatable bonds is 3. The molecular formula is C13H11BrFNO2S. The SMILES string of the molecule is Cc1ccc(NS(=O)(=O)c2cccc(F)c2)cc1Br. The molecule has 1 N–H and O–H groups in total. The van der Waals surface area contributed by atoms with Crippen LogP contribution in [-0.4, -0.2) is 8.42 Å². The lowest BCUT2D eigenvalue weighted by Crippen LogP contribution is -2.13. The van der Waals surface area contributed by atoms with E-state index in [2.05, 4.69) is 20.7 Å². The van der Waals surface area contributed by atoms with Crippen molar-refractivity contribution in [2.24, 2.45) is 0 Å². The van der Waals surface area contributed by atoms with Crippen LogP contribution >= 0.6 is 15.9 Å². The summed E-state index contributed by atoms with van der Waals surface area (Å²) in [6.45, 7) is 1.90. The Labute approximate surface area is 119 Å². The second-order valence-corrected chi connectivity index (χ2v) is 6.56. The van der Waals surface area contributed by atoms with E-state index in [0.29, 0.717) is 5.69 Å². The maximum atomic E-state index is 13.1. The van der Waals surface area contributed by atoms with Gasteiger partial charge in [0.05, 0.1) is 4.90 Å². The van der Waals surface area contributed by atoms with Gasteiger partial charge in [0.1, 0.15) is 5.82 Å². The summed E-state index contributed by atoms with van der Waals surface area (Å²) in [4.78, 5) is -0.107. The minimum absolute atomic E-state index is 0.107. The molecule has 100 valence electrons. The molecule has 0 spiro atoms. The molecule has 19 heavy (non-hydrogen) atoms. The Bertz CT molecular complexity index is 716. The van der Waals surface area contributed by atoms with Crippen molar-refractivity contribution in [1.29, 1.82) is 0 Å². The Kier molecular flexibility index (Phi) is 3.91. The van der Waals surface area contributed by atoms with E-state index in [4.69, 9.17) is 0 Å². The van der Waals surface area contributed by atoms with Crippen LogP contribution < -0.4 is 4.72 Å². The first-order valence-corrected chi connectivity index (χ1v) is 7.71. The molecule has 2 rings (SSSR count). The van der Waals surface area contributed by atoms with E-state index in [1.807, 2.05) is 6.92 Å². The van der Waals surface area contributed by atoms with Crippen molar-refractivity contribution >= 4 is 31.6 Å². The first kappa shape index (κ1) is 14.0. The molecule has 0 amide bonds. The van der Waals surface area contributed by atoms with Crippen LogP contribution in [0.2, 0.25) is 0 Å². The Hall–Kier alpha value is -1.40. The fourth-order valence-electron chi connectivity index (χ4n) is 1.50. The molecule has 0 aliphatic rings. The zero-order chi connectivity index (χ0) is 14.0. The number of aryl methyl sites for hydroxylation is 1. The highest BCUT2D eigenvalue weighted by atomic mass is 79.9. The fourth-order valence-corrected chi connectivity index (χ4v) is 2.96. The highest BCUT2D eigenvalue weighted by Crippen LogP contribution is 2.23. The van der Waals surface area contributed by atoms with Gasteiger partial charge in [0.2, 0.25) is 0 Å². The van der Waals surface area contributed by atoms with E-state index in [1.54, 1.807) is 18.2 Å². The minimum atomic E-state index is -3.78. The largest absolute Gasteiger partial charge is 0.280 e. The van der Waals surface area contributed by atoms with Crippen LogP contribution in [0.5, 0.6) is 0 Å². The van der Waals surface area contributed by atoms with Gasteiger partial charge in [-0.05, 0) is 42.8 Å². The lowest BCUT2D eigenvalue weighted by atomic mass is 10.2. The van der Waals surface area contributed by atoms with Crippen LogP contribution in [0.1, 0.15) is 5.56 Å². The van der Waals surface area contributed by atoms with E-state index in [9.17, 15) is 12.8 Å². The van der Waals surface area contributed by atoms with Crippen molar-refractivity contribution in [2.75, 3.05) is 4.72 Å². The molecule has 0 saturated heterocycles. The monoisotopic (exact) mass is 343 g/mol. The number of nitrogens with one attached hydrogen (secondary N) is 1. The first-order chi connectivity index (χ1) is 8.88. The van der Waals surface area contributed by atoms with E-state index in [1.165, 1.54) is 18.2 Å². The van der Waals surface area contributed by atoms with Gasteiger partial charge in [-0.15, -0.1) is 0 Å². The third-order valence-corrected chi connectivity index (χ3v) is 4.76. The van der Waals surface area contributed by atoms with Gasteiger partial charge in [0.15, 0.2) is 0 Å². The summed E-state index contributed by atoms with van der Waals surface area (Å²) in [6.07, 6.45) is 0. The molecule has 6 heteroatoms. The number of halogens is 2. The van der Waals surface area contributed by atoms with Crippen molar-refractivity contribution in [1.82, 2.24) is 0 Å². The van der Waals surface area contributed by atoms with Gasteiger partial charge >= 0.3 is 0 Å². The highest BCUT2D eigenvalue weighted by Gasteiger charge is 2.15. The second-order valence-electron chi connectivity index (χ2n) is 4.03. The fraction of sp³-hybridized carbons (Fsp3) is 0.0769. The summed E-state index contributed by atoms with van der Waals surface area (Å²) in [5.41, 5.74) is 1.41. The average molecular weight is 344 g/mol. The molecule has 3 nitrogen and oxygen atoms in total. The molecule has 0 aliphatic heterocycles. The molecule has 0 fully saturated rings. The summed E-state index contributed by atoms with van der Waals surface area (Å²) in [6, 6.07) is 9.97. The molecule has 0 aromatic heterocycles. The zero-order valence-electron chi connectivity index (χ0n) is 10.0. The van der Waals surface area contributed by atoms with Crippen LogP contribution in [0, 0.1) is 12.7 Å². The molecule has 2 aromatic rings. The summed E-state index contributed by atoms with van der Waals surface area (Å²) in [5, 5.41) is 0. The van der Waals surface area contributed by atoms with Gasteiger partial charge in [-0.3, -0.25) is 4.72 Å². The molecule has 0 bridgehead atoms. The van der Waals surface area contributed by atoms with E-state index in [0.717, 1.165) is 16.1 Å². The van der Waals surface area contributed by atoms with Gasteiger partial charge in [-0.2, -0.15) is 0 Å². The van der Waals surface area contributed by atoms with Crippen molar-refractivity contribution in [3.8, 4) is 0 Å². The molecule has 0 radical (unpaired) electrons. The lowest BCUT2D eigenvalue weighted by molar-refractivity contribution is 0.595. The van der Waals surface area contributed by atoms with E-state index < -0.39 is 15.8 Å². The summed E-state index contributed by atoms with van der Waals surface area (Å²) in [7, 11) is -3.78. The van der Waals surface area contributed by atoms with Crippen molar-refractivity contribution in [3.05, 3.63) is 58.3 Å². The predicted molar refractivity (Wildman–Crippen MR) is 76.1 cm³/mol. The first-order valence-electron chi connectivity index (χ1n) is 5.43. The molecule has 0 atom stereocenters. The van der Waals surface area contributed by atoms with Crippen LogP contribution in [0.15, 0.2) is 51.8 Å². The van der Waals surface area contributed by atoms with Gasteiger partial charge < -0.3 is 0 Å².